The molecule has 1 aromatic rings. The van der Waals surface area contributed by atoms with Gasteiger partial charge in [-0.3, -0.25) is 4.79 Å². The van der Waals surface area contributed by atoms with E-state index in [9.17, 15) is 4.79 Å². The normalized spacial score (nSPS) is 23.6. The van der Waals surface area contributed by atoms with Gasteiger partial charge < -0.3 is 19.9 Å². The van der Waals surface area contributed by atoms with E-state index in [2.05, 4.69) is 11.5 Å². The predicted molar refractivity (Wildman–Crippen MR) is 73.0 cm³/mol. The first kappa shape index (κ1) is 12.5. The summed E-state index contributed by atoms with van der Waals surface area (Å²) in [5.41, 5.74) is 7.28. The Morgan fingerprint density at radius 3 is 3.00 bits per heavy atom. The molecular weight excluding hydrogens is 242 g/mol. The van der Waals surface area contributed by atoms with Crippen molar-refractivity contribution in [2.45, 2.75) is 38.3 Å². The van der Waals surface area contributed by atoms with Crippen molar-refractivity contribution >= 4 is 11.6 Å². The molecule has 19 heavy (non-hydrogen) atoms. The lowest BCUT2D eigenvalue weighted by Crippen LogP contribution is -2.48. The average molecular weight is 263 g/mol. The monoisotopic (exact) mass is 263 g/mol. The molecule has 2 heterocycles. The van der Waals surface area contributed by atoms with Crippen LogP contribution >= 0.6 is 0 Å². The van der Waals surface area contributed by atoms with Gasteiger partial charge in [0.25, 0.3) is 5.91 Å². The summed E-state index contributed by atoms with van der Waals surface area (Å²) in [4.78, 5) is 14.7. The van der Waals surface area contributed by atoms with Crippen molar-refractivity contribution in [3.05, 3.63) is 18.0 Å². The number of carbonyl (C=O) groups excluding carboxylic acids is 1. The zero-order valence-corrected chi connectivity index (χ0v) is 11.3. The standard InChI is InChI=1S/C14H21N3O2/c1-2-11-9-19-6-5-16(11)14(18)13-7-10(15)8-17(13)12-3-4-12/h7-8,11-12H,2-6,9,15H2,1H3. The van der Waals surface area contributed by atoms with Crippen molar-refractivity contribution in [1.82, 2.24) is 9.47 Å². The van der Waals surface area contributed by atoms with E-state index in [-0.39, 0.29) is 11.9 Å². The Morgan fingerprint density at radius 2 is 2.32 bits per heavy atom. The molecule has 0 radical (unpaired) electrons. The first-order chi connectivity index (χ1) is 9.20. The molecule has 3 rings (SSSR count). The highest BCUT2D eigenvalue weighted by atomic mass is 16.5. The molecule has 5 nitrogen and oxygen atoms in total. The zero-order chi connectivity index (χ0) is 13.4. The highest BCUT2D eigenvalue weighted by molar-refractivity contribution is 5.94. The lowest BCUT2D eigenvalue weighted by molar-refractivity contribution is -0.00335. The first-order valence-electron chi connectivity index (χ1n) is 7.06. The van der Waals surface area contributed by atoms with Gasteiger partial charge in [0.2, 0.25) is 0 Å². The number of hydrogen-bond acceptors (Lipinski definition) is 3. The lowest BCUT2D eigenvalue weighted by Gasteiger charge is -2.35. The quantitative estimate of drug-likeness (QED) is 0.902. The van der Waals surface area contributed by atoms with Crippen LogP contribution in [-0.4, -0.2) is 41.2 Å². The SMILES string of the molecule is CCC1COCCN1C(=O)c1cc(N)cn1C1CC1. The Kier molecular flexibility index (Phi) is 3.22. The van der Waals surface area contributed by atoms with Crippen LogP contribution in [0, 0.1) is 0 Å². The van der Waals surface area contributed by atoms with Gasteiger partial charge in [-0.05, 0) is 25.3 Å². The molecule has 1 amide bonds. The maximum Gasteiger partial charge on any atom is 0.270 e. The van der Waals surface area contributed by atoms with Gasteiger partial charge in [-0.1, -0.05) is 6.92 Å². The van der Waals surface area contributed by atoms with Crippen LogP contribution in [-0.2, 0) is 4.74 Å². The zero-order valence-electron chi connectivity index (χ0n) is 11.3. The molecular formula is C14H21N3O2. The van der Waals surface area contributed by atoms with Crippen LogP contribution in [0.5, 0.6) is 0 Å². The first-order valence-corrected chi connectivity index (χ1v) is 7.06. The number of aromatic nitrogens is 1. The molecule has 5 heteroatoms. The summed E-state index contributed by atoms with van der Waals surface area (Å²) in [5.74, 6) is 0.0961. The molecule has 1 saturated heterocycles. The van der Waals surface area contributed by atoms with E-state index in [1.54, 1.807) is 0 Å². The minimum absolute atomic E-state index is 0.0961. The molecule has 0 aromatic carbocycles. The Balaban J connectivity index is 1.86. The third-order valence-electron chi connectivity index (χ3n) is 3.99. The largest absolute Gasteiger partial charge is 0.397 e. The predicted octanol–water partition coefficient (Wildman–Crippen LogP) is 1.66. The Labute approximate surface area is 113 Å². The fourth-order valence-electron chi connectivity index (χ4n) is 2.73. The Bertz CT molecular complexity index is 479. The van der Waals surface area contributed by atoms with Gasteiger partial charge in [0.15, 0.2) is 0 Å². The van der Waals surface area contributed by atoms with Crippen LogP contribution < -0.4 is 5.73 Å². The molecule has 2 fully saturated rings. The van der Waals surface area contributed by atoms with Crippen molar-refractivity contribution < 1.29 is 9.53 Å². The highest BCUT2D eigenvalue weighted by Gasteiger charge is 2.32. The third kappa shape index (κ3) is 2.34. The summed E-state index contributed by atoms with van der Waals surface area (Å²) in [5, 5.41) is 0. The van der Waals surface area contributed by atoms with Crippen molar-refractivity contribution in [3.8, 4) is 0 Å². The summed E-state index contributed by atoms with van der Waals surface area (Å²) in [6, 6.07) is 2.46. The van der Waals surface area contributed by atoms with Crippen molar-refractivity contribution in [3.63, 3.8) is 0 Å². The molecule has 1 aromatic heterocycles. The fourth-order valence-corrected chi connectivity index (χ4v) is 2.73. The summed E-state index contributed by atoms with van der Waals surface area (Å²) < 4.78 is 7.51. The van der Waals surface area contributed by atoms with Crippen LogP contribution in [0.1, 0.15) is 42.7 Å². The van der Waals surface area contributed by atoms with E-state index in [1.165, 1.54) is 0 Å². The van der Waals surface area contributed by atoms with Crippen LogP contribution in [0.25, 0.3) is 0 Å². The molecule has 1 aliphatic heterocycles. The summed E-state index contributed by atoms with van der Waals surface area (Å²) in [6.45, 7) is 4.03. The van der Waals surface area contributed by atoms with Crippen molar-refractivity contribution in [2.24, 2.45) is 0 Å². The van der Waals surface area contributed by atoms with E-state index >= 15 is 0 Å². The van der Waals surface area contributed by atoms with E-state index in [1.807, 2.05) is 17.2 Å². The molecule has 1 aliphatic carbocycles. The van der Waals surface area contributed by atoms with E-state index in [0.717, 1.165) is 25.0 Å². The molecule has 0 spiro atoms. The number of anilines is 1. The topological polar surface area (TPSA) is 60.5 Å². The summed E-state index contributed by atoms with van der Waals surface area (Å²) in [6.07, 6.45) is 5.11. The lowest BCUT2D eigenvalue weighted by atomic mass is 10.1. The maximum atomic E-state index is 12.7. The number of nitrogens with two attached hydrogens (primary N) is 1. The van der Waals surface area contributed by atoms with Gasteiger partial charge in [0, 0.05) is 18.8 Å². The number of carbonyl (C=O) groups is 1. The fraction of sp³-hybridized carbons (Fsp3) is 0.643. The molecule has 0 bridgehead atoms. The Hall–Kier alpha value is -1.49. The van der Waals surface area contributed by atoms with Gasteiger partial charge >= 0.3 is 0 Å². The Morgan fingerprint density at radius 1 is 1.53 bits per heavy atom. The minimum Gasteiger partial charge on any atom is -0.397 e. The summed E-state index contributed by atoms with van der Waals surface area (Å²) >= 11 is 0. The highest BCUT2D eigenvalue weighted by Crippen LogP contribution is 2.37. The van der Waals surface area contributed by atoms with Crippen LogP contribution in [0.3, 0.4) is 0 Å². The smallest absolute Gasteiger partial charge is 0.270 e. The van der Waals surface area contributed by atoms with E-state index < -0.39 is 0 Å². The number of ether oxygens (including phenoxy) is 1. The number of morpholine rings is 1. The number of rotatable bonds is 3. The molecule has 1 atom stereocenters. The van der Waals surface area contributed by atoms with Crippen LogP contribution in [0.2, 0.25) is 0 Å². The van der Waals surface area contributed by atoms with E-state index in [0.29, 0.717) is 31.5 Å². The number of nitrogens with zero attached hydrogens (tertiary/aromatic N) is 2. The number of nitrogen functional groups attached to an aromatic ring is 1. The van der Waals surface area contributed by atoms with Gasteiger partial charge in [-0.2, -0.15) is 0 Å². The molecule has 1 unspecified atom stereocenters. The second-order valence-corrected chi connectivity index (χ2v) is 5.43. The summed E-state index contributed by atoms with van der Waals surface area (Å²) in [7, 11) is 0. The minimum atomic E-state index is 0.0961. The number of hydrogen-bond donors (Lipinski definition) is 1. The second-order valence-electron chi connectivity index (χ2n) is 5.43. The van der Waals surface area contributed by atoms with E-state index in [4.69, 9.17) is 10.5 Å². The molecule has 104 valence electrons. The molecule has 1 saturated carbocycles. The number of amides is 1. The average Bonchev–Trinajstić information content (AvgIpc) is 3.21. The van der Waals surface area contributed by atoms with Crippen LogP contribution in [0.15, 0.2) is 12.3 Å². The molecule has 2 aliphatic rings. The maximum absolute atomic E-state index is 12.7. The van der Waals surface area contributed by atoms with Gasteiger partial charge in [0.05, 0.1) is 24.9 Å². The second kappa shape index (κ2) is 4.89. The van der Waals surface area contributed by atoms with Crippen molar-refractivity contribution in [1.29, 1.82) is 0 Å². The van der Waals surface area contributed by atoms with Gasteiger partial charge in [-0.25, -0.2) is 0 Å². The third-order valence-corrected chi connectivity index (χ3v) is 3.99. The van der Waals surface area contributed by atoms with Gasteiger partial charge in [0.1, 0.15) is 5.69 Å². The van der Waals surface area contributed by atoms with Crippen LogP contribution in [0.4, 0.5) is 5.69 Å². The van der Waals surface area contributed by atoms with Gasteiger partial charge in [-0.15, -0.1) is 0 Å². The van der Waals surface area contributed by atoms with Crippen molar-refractivity contribution in [2.75, 3.05) is 25.5 Å². The molecule has 2 N–H and O–H groups in total.